The Hall–Kier alpha value is -4.41. The molecule has 0 spiro atoms. The molecule has 0 fully saturated rings. The number of amides is 2. The molecule has 0 aliphatic rings. The number of carbonyl (C=O) groups excluding carboxylic acids is 2. The molecule has 0 bridgehead atoms. The number of benzene rings is 4. The molecule has 1 atom stereocenters. The molecule has 0 heterocycles. The van der Waals surface area contributed by atoms with Gasteiger partial charge in [-0.05, 0) is 66.9 Å². The minimum absolute atomic E-state index is 0.0222. The minimum atomic E-state index is -4.30. The number of nitrogens with one attached hydrogen (secondary N) is 1. The van der Waals surface area contributed by atoms with E-state index in [1.165, 1.54) is 66.6 Å². The predicted octanol–water partition coefficient (Wildman–Crippen LogP) is 6.55. The minimum Gasteiger partial charge on any atom is -0.495 e. The number of ether oxygens (including phenoxy) is 1. The van der Waals surface area contributed by atoms with Gasteiger partial charge in [-0.25, -0.2) is 12.8 Å². The summed E-state index contributed by atoms with van der Waals surface area (Å²) >= 11 is 6.43. The van der Waals surface area contributed by atoms with Gasteiger partial charge in [-0.2, -0.15) is 0 Å². The number of hydrogen-bond donors (Lipinski definition) is 1. The lowest BCUT2D eigenvalue weighted by Gasteiger charge is -2.34. The first-order valence-electron chi connectivity index (χ1n) is 15.3. The number of hydrogen-bond acceptors (Lipinski definition) is 5. The maximum atomic E-state index is 14.5. The summed E-state index contributed by atoms with van der Waals surface area (Å²) in [7, 11) is -2.86. The summed E-state index contributed by atoms with van der Waals surface area (Å²) in [6.07, 6.45) is 1.78. The van der Waals surface area contributed by atoms with Crippen LogP contribution in [0.25, 0.3) is 0 Å². The number of unbranched alkanes of at least 4 members (excludes halogenated alkanes) is 1. The van der Waals surface area contributed by atoms with Crippen LogP contribution in [0.3, 0.4) is 0 Å². The Morgan fingerprint density at radius 1 is 0.936 bits per heavy atom. The van der Waals surface area contributed by atoms with Gasteiger partial charge in [-0.15, -0.1) is 0 Å². The second-order valence-corrected chi connectivity index (χ2v) is 13.4. The summed E-state index contributed by atoms with van der Waals surface area (Å²) in [5.41, 5.74) is 2.38. The Bertz CT molecular complexity index is 1750. The summed E-state index contributed by atoms with van der Waals surface area (Å²) in [5, 5.41) is 3.10. The maximum absolute atomic E-state index is 14.5. The third-order valence-electron chi connectivity index (χ3n) is 7.68. The second kappa shape index (κ2) is 16.4. The number of rotatable bonds is 15. The number of methoxy groups -OCH3 is 1. The summed E-state index contributed by atoms with van der Waals surface area (Å²) in [5.74, 6) is -1.13. The number of sulfonamides is 1. The van der Waals surface area contributed by atoms with Crippen LogP contribution in [0.4, 0.5) is 10.1 Å². The summed E-state index contributed by atoms with van der Waals surface area (Å²) in [6, 6.07) is 24.6. The van der Waals surface area contributed by atoms with Crippen molar-refractivity contribution in [2.45, 2.75) is 50.6 Å². The van der Waals surface area contributed by atoms with E-state index in [1.807, 2.05) is 44.2 Å². The molecule has 4 aromatic rings. The molecule has 4 aromatic carbocycles. The zero-order valence-electron chi connectivity index (χ0n) is 26.7. The largest absolute Gasteiger partial charge is 0.495 e. The number of aryl methyl sites for hydroxylation is 1. The second-order valence-electron chi connectivity index (χ2n) is 11.1. The highest BCUT2D eigenvalue weighted by Gasteiger charge is 2.34. The highest BCUT2D eigenvalue weighted by molar-refractivity contribution is 7.92. The van der Waals surface area contributed by atoms with Crippen LogP contribution in [0.5, 0.6) is 5.75 Å². The van der Waals surface area contributed by atoms with E-state index < -0.39 is 34.3 Å². The van der Waals surface area contributed by atoms with Crippen molar-refractivity contribution in [1.82, 2.24) is 10.2 Å². The molecule has 0 aliphatic carbocycles. The van der Waals surface area contributed by atoms with Crippen LogP contribution in [0.2, 0.25) is 5.02 Å². The first-order chi connectivity index (χ1) is 22.5. The van der Waals surface area contributed by atoms with Gasteiger partial charge in [0.2, 0.25) is 11.8 Å². The van der Waals surface area contributed by atoms with Gasteiger partial charge in [0.1, 0.15) is 24.2 Å². The number of carbonyl (C=O) groups is 2. The quantitative estimate of drug-likeness (QED) is 0.144. The van der Waals surface area contributed by atoms with Crippen molar-refractivity contribution in [2.24, 2.45) is 0 Å². The Balaban J connectivity index is 1.81. The zero-order valence-corrected chi connectivity index (χ0v) is 28.2. The number of anilines is 1. The molecule has 8 nitrogen and oxygen atoms in total. The maximum Gasteiger partial charge on any atom is 0.264 e. The molecular formula is C36H39ClFN3O5S. The Morgan fingerprint density at radius 3 is 2.23 bits per heavy atom. The highest BCUT2D eigenvalue weighted by atomic mass is 35.5. The SMILES string of the molecule is CCCCNC(=O)[C@@H](Cc1ccccc1)N(Cc1ccc(F)cc1)C(=O)CN(c1ccc(OC)c(Cl)c1)S(=O)(=O)c1ccc(C)cc1. The fourth-order valence-electron chi connectivity index (χ4n) is 5.02. The van der Waals surface area contributed by atoms with Gasteiger partial charge in [0.05, 0.1) is 22.7 Å². The first-order valence-corrected chi connectivity index (χ1v) is 17.1. The lowest BCUT2D eigenvalue weighted by atomic mass is 10.0. The molecule has 2 amide bonds. The van der Waals surface area contributed by atoms with Crippen LogP contribution in [0.15, 0.2) is 102 Å². The number of nitrogens with zero attached hydrogens (tertiary/aromatic N) is 2. The topological polar surface area (TPSA) is 96.0 Å². The van der Waals surface area contributed by atoms with Gasteiger partial charge in [-0.3, -0.25) is 13.9 Å². The van der Waals surface area contributed by atoms with Gasteiger partial charge in [0.15, 0.2) is 0 Å². The van der Waals surface area contributed by atoms with Crippen LogP contribution in [0, 0.1) is 12.7 Å². The van der Waals surface area contributed by atoms with E-state index in [2.05, 4.69) is 5.32 Å². The van der Waals surface area contributed by atoms with Crippen LogP contribution in [0.1, 0.15) is 36.5 Å². The molecule has 0 aromatic heterocycles. The molecule has 0 saturated heterocycles. The molecule has 4 rings (SSSR count). The average molecular weight is 680 g/mol. The zero-order chi connectivity index (χ0) is 34.0. The van der Waals surface area contributed by atoms with Crippen LogP contribution < -0.4 is 14.4 Å². The third kappa shape index (κ3) is 9.33. The molecule has 47 heavy (non-hydrogen) atoms. The molecule has 11 heteroatoms. The standard InChI is InChI=1S/C36H39ClFN3O5S/c1-4-5-21-39-36(43)33(22-27-9-7-6-8-10-27)40(24-28-13-15-29(38)16-14-28)35(42)25-41(30-17-20-34(46-3)32(37)23-30)47(44,45)31-18-11-26(2)12-19-31/h6-20,23,33H,4-5,21-22,24-25H2,1-3H3,(H,39,43)/t33-/m1/s1. The van der Waals surface area contributed by atoms with Crippen molar-refractivity contribution in [3.8, 4) is 5.75 Å². The van der Waals surface area contributed by atoms with Crippen molar-refractivity contribution in [3.63, 3.8) is 0 Å². The lowest BCUT2D eigenvalue weighted by molar-refractivity contribution is -0.140. The van der Waals surface area contributed by atoms with E-state index in [-0.39, 0.29) is 34.5 Å². The van der Waals surface area contributed by atoms with Crippen LogP contribution in [-0.4, -0.2) is 51.4 Å². The number of halogens is 2. The normalized spacial score (nSPS) is 11.9. The summed E-state index contributed by atoms with van der Waals surface area (Å²) in [4.78, 5) is 29.7. The fourth-order valence-corrected chi connectivity index (χ4v) is 6.68. The molecule has 0 aliphatic heterocycles. The van der Waals surface area contributed by atoms with Gasteiger partial charge < -0.3 is 15.0 Å². The van der Waals surface area contributed by atoms with Gasteiger partial charge in [0.25, 0.3) is 10.0 Å². The van der Waals surface area contributed by atoms with Gasteiger partial charge >= 0.3 is 0 Å². The molecule has 0 unspecified atom stereocenters. The van der Waals surface area contributed by atoms with E-state index in [1.54, 1.807) is 12.1 Å². The van der Waals surface area contributed by atoms with E-state index in [0.29, 0.717) is 17.9 Å². The first kappa shape index (κ1) is 35.4. The molecule has 1 N–H and O–H groups in total. The molecule has 0 saturated carbocycles. The average Bonchev–Trinajstić information content (AvgIpc) is 3.06. The Morgan fingerprint density at radius 2 is 1.62 bits per heavy atom. The van der Waals surface area contributed by atoms with E-state index in [0.717, 1.165) is 28.3 Å². The van der Waals surface area contributed by atoms with Crippen molar-refractivity contribution in [1.29, 1.82) is 0 Å². The monoisotopic (exact) mass is 679 g/mol. The smallest absolute Gasteiger partial charge is 0.264 e. The van der Waals surface area contributed by atoms with E-state index >= 15 is 0 Å². The van der Waals surface area contributed by atoms with E-state index in [4.69, 9.17) is 16.3 Å². The predicted molar refractivity (Wildman–Crippen MR) is 183 cm³/mol. The summed E-state index contributed by atoms with van der Waals surface area (Å²) in [6.45, 7) is 3.55. The van der Waals surface area contributed by atoms with Crippen molar-refractivity contribution < 1.29 is 27.1 Å². The van der Waals surface area contributed by atoms with Crippen LogP contribution >= 0.6 is 11.6 Å². The summed E-state index contributed by atoms with van der Waals surface area (Å²) < 4.78 is 48.5. The third-order valence-corrected chi connectivity index (χ3v) is 9.76. The molecule has 0 radical (unpaired) electrons. The van der Waals surface area contributed by atoms with E-state index in [9.17, 15) is 22.4 Å². The van der Waals surface area contributed by atoms with Crippen molar-refractivity contribution >= 4 is 39.1 Å². The Kier molecular flexibility index (Phi) is 12.4. The fraction of sp³-hybridized carbons (Fsp3) is 0.278. The van der Waals surface area contributed by atoms with Crippen molar-refractivity contribution in [3.05, 3.63) is 125 Å². The molecule has 248 valence electrons. The van der Waals surface area contributed by atoms with Crippen LogP contribution in [-0.2, 0) is 32.6 Å². The highest BCUT2D eigenvalue weighted by Crippen LogP contribution is 2.32. The lowest BCUT2D eigenvalue weighted by Crippen LogP contribution is -2.53. The van der Waals surface area contributed by atoms with Gasteiger partial charge in [0, 0.05) is 19.5 Å². The van der Waals surface area contributed by atoms with Crippen molar-refractivity contribution in [2.75, 3.05) is 24.5 Å². The molecular weight excluding hydrogens is 641 g/mol. The van der Waals surface area contributed by atoms with Gasteiger partial charge in [-0.1, -0.05) is 85.1 Å². The Labute approximate surface area is 281 Å².